The minimum absolute atomic E-state index is 0.0825. The third-order valence-electron chi connectivity index (χ3n) is 4.41. The van der Waals surface area contributed by atoms with Gasteiger partial charge in [0.1, 0.15) is 16.1 Å². The molecule has 0 bridgehead atoms. The molecule has 1 rings (SSSR count). The van der Waals surface area contributed by atoms with E-state index in [1.165, 1.54) is 0 Å². The van der Waals surface area contributed by atoms with Crippen molar-refractivity contribution in [3.05, 3.63) is 0 Å². The first-order valence-corrected chi connectivity index (χ1v) is 10.2. The van der Waals surface area contributed by atoms with Gasteiger partial charge in [0.15, 0.2) is 6.04 Å². The number of ether oxygens (including phenoxy) is 1. The smallest absolute Gasteiger partial charge is 0.408 e. The summed E-state index contributed by atoms with van der Waals surface area (Å²) in [5, 5.41) is 2.64. The first-order valence-electron chi connectivity index (χ1n) is 8.91. The summed E-state index contributed by atoms with van der Waals surface area (Å²) in [7, 11) is 0. The van der Waals surface area contributed by atoms with E-state index in [4.69, 9.17) is 4.74 Å². The maximum atomic E-state index is 13.0. The minimum atomic E-state index is -1.27. The summed E-state index contributed by atoms with van der Waals surface area (Å²) in [6.45, 7) is 15.7. The highest BCUT2D eigenvalue weighted by molar-refractivity contribution is 7.92. The number of carbonyl (C=O) groups excluding carboxylic acids is 2. The summed E-state index contributed by atoms with van der Waals surface area (Å²) >= 11 is -1.27. The molecule has 2 unspecified atom stereocenters. The van der Waals surface area contributed by atoms with Crippen molar-refractivity contribution < 1.29 is 18.9 Å². The lowest BCUT2D eigenvalue weighted by Crippen LogP contribution is -2.55. The quantitative estimate of drug-likeness (QED) is 0.767. The molecule has 1 heterocycles. The van der Waals surface area contributed by atoms with Gasteiger partial charge in [0.05, 0.1) is 0 Å². The molecule has 0 aliphatic carbocycles. The van der Waals surface area contributed by atoms with E-state index in [9.17, 15) is 14.1 Å². The molecular formula is C18H34N2O4S. The molecule has 2 amide bonds. The van der Waals surface area contributed by atoms with Crippen LogP contribution in [0.15, 0.2) is 0 Å². The first-order chi connectivity index (χ1) is 11.2. The first kappa shape index (κ1) is 22.1. The normalized spacial score (nSPS) is 24.0. The lowest BCUT2D eigenvalue weighted by Gasteiger charge is -2.32. The summed E-state index contributed by atoms with van der Waals surface area (Å²) in [4.78, 5) is 26.9. The summed E-state index contributed by atoms with van der Waals surface area (Å²) in [5.41, 5.74) is -0.656. The molecule has 0 radical (unpaired) electrons. The Hall–Kier alpha value is -0.950. The zero-order valence-corrected chi connectivity index (χ0v) is 17.7. The molecule has 6 nitrogen and oxygen atoms in total. The predicted octanol–water partition coefficient (Wildman–Crippen LogP) is 2.68. The van der Waals surface area contributed by atoms with Crippen molar-refractivity contribution >= 4 is 23.2 Å². The Labute approximate surface area is 155 Å². The summed E-state index contributed by atoms with van der Waals surface area (Å²) < 4.78 is 17.4. The summed E-state index contributed by atoms with van der Waals surface area (Å²) in [6, 6.07) is -0.735. The largest absolute Gasteiger partial charge is 0.616 e. The Kier molecular flexibility index (Phi) is 7.21. The van der Waals surface area contributed by atoms with E-state index >= 15 is 0 Å². The van der Waals surface area contributed by atoms with Gasteiger partial charge in [-0.1, -0.05) is 6.92 Å². The fraction of sp³-hybridized carbons (Fsp3) is 0.889. The van der Waals surface area contributed by atoms with E-state index in [0.717, 1.165) is 6.42 Å². The van der Waals surface area contributed by atoms with Gasteiger partial charge in [0, 0.05) is 12.6 Å². The van der Waals surface area contributed by atoms with Crippen LogP contribution < -0.4 is 5.32 Å². The second-order valence-corrected chi connectivity index (χ2v) is 11.1. The number of rotatable bonds is 4. The highest BCUT2D eigenvalue weighted by atomic mass is 32.2. The monoisotopic (exact) mass is 374 g/mol. The molecule has 0 spiro atoms. The molecule has 25 heavy (non-hydrogen) atoms. The average Bonchev–Trinajstić information content (AvgIpc) is 2.74. The van der Waals surface area contributed by atoms with E-state index in [1.54, 1.807) is 25.7 Å². The van der Waals surface area contributed by atoms with Crippen LogP contribution in [0, 0.1) is 5.92 Å². The van der Waals surface area contributed by atoms with Gasteiger partial charge < -0.3 is 19.5 Å². The van der Waals surface area contributed by atoms with Crippen LogP contribution in [0.5, 0.6) is 0 Å². The Morgan fingerprint density at radius 2 is 1.80 bits per heavy atom. The van der Waals surface area contributed by atoms with Crippen molar-refractivity contribution in [2.75, 3.05) is 12.3 Å². The third kappa shape index (κ3) is 6.70. The summed E-state index contributed by atoms with van der Waals surface area (Å²) in [6.07, 6.45) is 0.283. The van der Waals surface area contributed by atoms with Gasteiger partial charge in [-0.3, -0.25) is 4.79 Å². The maximum Gasteiger partial charge on any atom is 0.408 e. The zero-order chi connectivity index (χ0) is 19.6. The highest BCUT2D eigenvalue weighted by Gasteiger charge is 2.39. The lowest BCUT2D eigenvalue weighted by molar-refractivity contribution is -0.133. The van der Waals surface area contributed by atoms with Crippen molar-refractivity contribution in [3.63, 3.8) is 0 Å². The second-order valence-electron chi connectivity index (χ2n) is 8.86. The molecule has 1 fully saturated rings. The second kappa shape index (κ2) is 8.16. The summed E-state index contributed by atoms with van der Waals surface area (Å²) in [5.74, 6) is 0.318. The Bertz CT molecular complexity index is 484. The van der Waals surface area contributed by atoms with E-state index in [2.05, 4.69) is 12.2 Å². The molecule has 146 valence electrons. The molecule has 0 aromatic carbocycles. The van der Waals surface area contributed by atoms with E-state index in [0.29, 0.717) is 12.5 Å². The molecule has 4 atom stereocenters. The van der Waals surface area contributed by atoms with Crippen molar-refractivity contribution in [1.82, 2.24) is 10.2 Å². The third-order valence-corrected chi connectivity index (χ3v) is 6.42. The van der Waals surface area contributed by atoms with Crippen LogP contribution in [0.25, 0.3) is 0 Å². The van der Waals surface area contributed by atoms with Gasteiger partial charge in [-0.2, -0.15) is 0 Å². The van der Waals surface area contributed by atoms with Crippen molar-refractivity contribution in [2.45, 2.75) is 84.2 Å². The van der Waals surface area contributed by atoms with E-state index in [1.807, 2.05) is 27.7 Å². The molecule has 1 aliphatic rings. The molecule has 0 aromatic heterocycles. The van der Waals surface area contributed by atoms with Crippen molar-refractivity contribution in [2.24, 2.45) is 5.92 Å². The van der Waals surface area contributed by atoms with Crippen LogP contribution in [-0.2, 0) is 20.7 Å². The van der Waals surface area contributed by atoms with Gasteiger partial charge >= 0.3 is 6.09 Å². The Morgan fingerprint density at radius 1 is 1.24 bits per heavy atom. The minimum Gasteiger partial charge on any atom is -0.616 e. The van der Waals surface area contributed by atoms with E-state index in [-0.39, 0.29) is 17.7 Å². The van der Waals surface area contributed by atoms with Crippen molar-refractivity contribution in [3.8, 4) is 0 Å². The number of alkyl carbamates (subject to hydrolysis) is 1. The number of carbonyl (C=O) groups is 2. The molecule has 7 heteroatoms. The number of hydrogen-bond donors (Lipinski definition) is 1. The highest BCUT2D eigenvalue weighted by Crippen LogP contribution is 2.25. The van der Waals surface area contributed by atoms with Crippen LogP contribution in [0.1, 0.15) is 61.8 Å². The van der Waals surface area contributed by atoms with E-state index < -0.39 is 33.7 Å². The van der Waals surface area contributed by atoms with Crippen molar-refractivity contribution in [1.29, 1.82) is 0 Å². The van der Waals surface area contributed by atoms with Gasteiger partial charge in [0.2, 0.25) is 5.91 Å². The molecule has 1 N–H and O–H groups in total. The van der Waals surface area contributed by atoms with Gasteiger partial charge in [-0.25, -0.2) is 4.79 Å². The topological polar surface area (TPSA) is 81.7 Å². The van der Waals surface area contributed by atoms with Crippen LogP contribution in [0.2, 0.25) is 0 Å². The molecule has 0 saturated carbocycles. The standard InChI is InChI=1S/C18H34N2O4S/c1-12-9-10-20(13(12)2)15(21)14(11-25(23)18(6,7)8)19-16(22)24-17(3,4)5/h12-14H,9-11H2,1-8H3,(H,19,22)/t12?,13-,14-,25?/m0/s1. The number of amides is 2. The number of nitrogens with zero attached hydrogens (tertiary/aromatic N) is 1. The molecule has 0 aromatic rings. The van der Waals surface area contributed by atoms with Gasteiger partial charge in [-0.15, -0.1) is 0 Å². The van der Waals surface area contributed by atoms with Crippen LogP contribution in [0.4, 0.5) is 4.79 Å². The average molecular weight is 375 g/mol. The number of nitrogens with one attached hydrogen (secondary N) is 1. The maximum absolute atomic E-state index is 13.0. The number of likely N-dealkylation sites (tertiary alicyclic amines) is 1. The molecular weight excluding hydrogens is 340 g/mol. The fourth-order valence-corrected chi connectivity index (χ4v) is 3.66. The van der Waals surface area contributed by atoms with Gasteiger partial charge in [-0.05, 0) is 72.0 Å². The molecule has 1 aliphatic heterocycles. The van der Waals surface area contributed by atoms with Crippen LogP contribution in [0.3, 0.4) is 0 Å². The SMILES string of the molecule is CC1CCN(C(=O)[C@H](C[S+]([O-])C(C)(C)C)NC(=O)OC(C)(C)C)[C@H]1C. The molecule has 1 saturated heterocycles. The lowest BCUT2D eigenvalue weighted by atomic mass is 10.1. The van der Waals surface area contributed by atoms with Crippen LogP contribution in [-0.4, -0.2) is 56.2 Å². The van der Waals surface area contributed by atoms with Crippen LogP contribution >= 0.6 is 0 Å². The Balaban J connectivity index is 2.90. The van der Waals surface area contributed by atoms with Gasteiger partial charge in [0.25, 0.3) is 0 Å². The zero-order valence-electron chi connectivity index (χ0n) is 16.8. The number of hydrogen-bond acceptors (Lipinski definition) is 4. The predicted molar refractivity (Wildman–Crippen MR) is 101 cm³/mol. The fourth-order valence-electron chi connectivity index (χ4n) is 2.63. The Morgan fingerprint density at radius 3 is 2.20 bits per heavy atom.